The predicted molar refractivity (Wildman–Crippen MR) is 70.0 cm³/mol. The van der Waals surface area contributed by atoms with Gasteiger partial charge >= 0.3 is 6.18 Å². The van der Waals surface area contributed by atoms with Crippen molar-refractivity contribution in [2.75, 3.05) is 13.1 Å². The summed E-state index contributed by atoms with van der Waals surface area (Å²) in [6.45, 7) is 3.03. The van der Waals surface area contributed by atoms with Crippen LogP contribution in [-0.4, -0.2) is 38.4 Å². The molecule has 0 N–H and O–H groups in total. The third-order valence-corrected chi connectivity index (χ3v) is 3.85. The van der Waals surface area contributed by atoms with Crippen molar-refractivity contribution < 1.29 is 21.6 Å². The standard InChI is InChI=1S/C12H15F3N2O2S/c1-3-17(4-2)11(12(13,14)15)16-20(18,19)10-8-6-5-7-9-10/h5-9H,3-4H2,1-2H3/b16-11+. The largest absolute Gasteiger partial charge is 0.450 e. The lowest BCUT2D eigenvalue weighted by Gasteiger charge is -2.24. The molecule has 0 saturated carbocycles. The van der Waals surface area contributed by atoms with Gasteiger partial charge in [-0.3, -0.25) is 0 Å². The van der Waals surface area contributed by atoms with Gasteiger partial charge in [-0.25, -0.2) is 0 Å². The average molecular weight is 308 g/mol. The fourth-order valence-corrected chi connectivity index (χ4v) is 2.62. The van der Waals surface area contributed by atoms with Gasteiger partial charge in [-0.1, -0.05) is 18.2 Å². The second-order valence-electron chi connectivity index (χ2n) is 3.87. The predicted octanol–water partition coefficient (Wildman–Crippen LogP) is 2.68. The Bertz CT molecular complexity index is 564. The highest BCUT2D eigenvalue weighted by Crippen LogP contribution is 2.23. The lowest BCUT2D eigenvalue weighted by atomic mass is 10.4. The molecule has 0 fully saturated rings. The molecule has 0 unspecified atom stereocenters. The number of rotatable bonds is 4. The van der Waals surface area contributed by atoms with Crippen LogP contribution in [0.3, 0.4) is 0 Å². The quantitative estimate of drug-likeness (QED) is 0.635. The zero-order valence-electron chi connectivity index (χ0n) is 11.1. The van der Waals surface area contributed by atoms with Crippen molar-refractivity contribution in [3.8, 4) is 0 Å². The van der Waals surface area contributed by atoms with Crippen molar-refractivity contribution in [3.63, 3.8) is 0 Å². The molecule has 0 heterocycles. The van der Waals surface area contributed by atoms with Crippen molar-refractivity contribution in [2.24, 2.45) is 4.40 Å². The van der Waals surface area contributed by atoms with Gasteiger partial charge in [0.15, 0.2) is 0 Å². The number of amidine groups is 1. The van der Waals surface area contributed by atoms with Gasteiger partial charge in [-0.05, 0) is 26.0 Å². The molecule has 0 aliphatic carbocycles. The normalized spacial score (nSPS) is 13.3. The summed E-state index contributed by atoms with van der Waals surface area (Å²) in [5, 5.41) is 0. The van der Waals surface area contributed by atoms with Crippen LogP contribution in [0.4, 0.5) is 13.2 Å². The molecule has 1 aromatic carbocycles. The maximum Gasteiger partial charge on any atom is 0.450 e. The summed E-state index contributed by atoms with van der Waals surface area (Å²) in [5.74, 6) is -1.40. The molecular formula is C12H15F3N2O2S. The molecule has 0 saturated heterocycles. The van der Waals surface area contributed by atoms with E-state index in [1.165, 1.54) is 38.1 Å². The Morgan fingerprint density at radius 3 is 2.05 bits per heavy atom. The van der Waals surface area contributed by atoms with Gasteiger partial charge in [-0.15, -0.1) is 4.40 Å². The fraction of sp³-hybridized carbons (Fsp3) is 0.417. The van der Waals surface area contributed by atoms with E-state index in [0.717, 1.165) is 4.90 Å². The van der Waals surface area contributed by atoms with Crippen molar-refractivity contribution in [3.05, 3.63) is 30.3 Å². The molecule has 0 amide bonds. The summed E-state index contributed by atoms with van der Waals surface area (Å²) >= 11 is 0. The Hall–Kier alpha value is -1.57. The zero-order valence-corrected chi connectivity index (χ0v) is 11.9. The third kappa shape index (κ3) is 3.96. The molecule has 112 valence electrons. The minimum Gasteiger partial charge on any atom is -0.352 e. The maximum atomic E-state index is 13.0. The molecule has 0 bridgehead atoms. The number of benzene rings is 1. The Kier molecular flexibility index (Phi) is 5.15. The van der Waals surface area contributed by atoms with Crippen LogP contribution >= 0.6 is 0 Å². The Labute approximate surface area is 116 Å². The first kappa shape index (κ1) is 16.5. The molecule has 0 aliphatic heterocycles. The number of hydrogen-bond donors (Lipinski definition) is 0. The highest BCUT2D eigenvalue weighted by molar-refractivity contribution is 7.90. The zero-order chi connectivity index (χ0) is 15.4. The maximum absolute atomic E-state index is 13.0. The second-order valence-corrected chi connectivity index (χ2v) is 5.48. The van der Waals surface area contributed by atoms with Crippen LogP contribution < -0.4 is 0 Å². The smallest absolute Gasteiger partial charge is 0.352 e. The van der Waals surface area contributed by atoms with E-state index in [-0.39, 0.29) is 18.0 Å². The van der Waals surface area contributed by atoms with E-state index in [4.69, 9.17) is 0 Å². The van der Waals surface area contributed by atoms with Gasteiger partial charge in [-0.2, -0.15) is 21.6 Å². The van der Waals surface area contributed by atoms with E-state index >= 15 is 0 Å². The molecule has 0 aliphatic rings. The number of hydrogen-bond acceptors (Lipinski definition) is 2. The van der Waals surface area contributed by atoms with Gasteiger partial charge in [0.2, 0.25) is 5.84 Å². The second kappa shape index (κ2) is 6.25. The molecule has 1 rings (SSSR count). The summed E-state index contributed by atoms with van der Waals surface area (Å²) in [6.07, 6.45) is -4.83. The van der Waals surface area contributed by atoms with E-state index < -0.39 is 22.0 Å². The molecule has 20 heavy (non-hydrogen) atoms. The van der Waals surface area contributed by atoms with Crippen LogP contribution in [0, 0.1) is 0 Å². The van der Waals surface area contributed by atoms with Crippen molar-refractivity contribution in [1.29, 1.82) is 0 Å². The number of halogens is 3. The van der Waals surface area contributed by atoms with Gasteiger partial charge in [0.1, 0.15) is 0 Å². The molecule has 0 spiro atoms. The lowest BCUT2D eigenvalue weighted by Crippen LogP contribution is -2.41. The van der Waals surface area contributed by atoms with Crippen molar-refractivity contribution in [2.45, 2.75) is 24.9 Å². The molecule has 4 nitrogen and oxygen atoms in total. The average Bonchev–Trinajstić information content (AvgIpc) is 2.39. The lowest BCUT2D eigenvalue weighted by molar-refractivity contribution is -0.0683. The molecule has 1 aromatic rings. The van der Waals surface area contributed by atoms with Crippen LogP contribution in [-0.2, 0) is 10.0 Å². The number of alkyl halides is 3. The van der Waals surface area contributed by atoms with E-state index in [1.807, 2.05) is 0 Å². The SMILES string of the molecule is CCN(CC)/C(=N/S(=O)(=O)c1ccccc1)C(F)(F)F. The van der Waals surface area contributed by atoms with E-state index in [9.17, 15) is 21.6 Å². The van der Waals surface area contributed by atoms with Gasteiger partial charge in [0.25, 0.3) is 10.0 Å². The Morgan fingerprint density at radius 2 is 1.65 bits per heavy atom. The molecule has 0 radical (unpaired) electrons. The Morgan fingerprint density at radius 1 is 1.15 bits per heavy atom. The van der Waals surface area contributed by atoms with Gasteiger partial charge < -0.3 is 4.90 Å². The summed E-state index contributed by atoms with van der Waals surface area (Å²) in [4.78, 5) is 0.592. The molecular weight excluding hydrogens is 293 g/mol. The number of nitrogens with zero attached hydrogens (tertiary/aromatic N) is 2. The minimum atomic E-state index is -4.83. The highest BCUT2D eigenvalue weighted by atomic mass is 32.2. The summed E-state index contributed by atoms with van der Waals surface area (Å²) < 4.78 is 65.7. The van der Waals surface area contributed by atoms with Gasteiger partial charge in [0.05, 0.1) is 4.90 Å². The first-order valence-corrected chi connectivity index (χ1v) is 7.38. The number of sulfonamides is 1. The van der Waals surface area contributed by atoms with Crippen LogP contribution in [0.5, 0.6) is 0 Å². The Balaban J connectivity index is 3.34. The van der Waals surface area contributed by atoms with Crippen molar-refractivity contribution >= 4 is 15.9 Å². The molecule has 0 aromatic heterocycles. The highest BCUT2D eigenvalue weighted by Gasteiger charge is 2.40. The van der Waals surface area contributed by atoms with E-state index in [1.54, 1.807) is 6.07 Å². The van der Waals surface area contributed by atoms with Crippen LogP contribution in [0.15, 0.2) is 39.6 Å². The van der Waals surface area contributed by atoms with Crippen LogP contribution in [0.25, 0.3) is 0 Å². The summed E-state index contributed by atoms with van der Waals surface area (Å²) in [5.41, 5.74) is 0. The minimum absolute atomic E-state index is 0.0130. The van der Waals surface area contributed by atoms with Gasteiger partial charge in [0, 0.05) is 13.1 Å². The van der Waals surface area contributed by atoms with Crippen molar-refractivity contribution in [1.82, 2.24) is 4.90 Å². The first-order valence-electron chi connectivity index (χ1n) is 5.94. The summed E-state index contributed by atoms with van der Waals surface area (Å²) in [6, 6.07) is 6.82. The summed E-state index contributed by atoms with van der Waals surface area (Å²) in [7, 11) is -4.38. The van der Waals surface area contributed by atoms with E-state index in [0.29, 0.717) is 0 Å². The fourth-order valence-electron chi connectivity index (χ4n) is 1.57. The molecule has 0 atom stereocenters. The topological polar surface area (TPSA) is 49.7 Å². The molecule has 8 heteroatoms. The van der Waals surface area contributed by atoms with Crippen LogP contribution in [0.1, 0.15) is 13.8 Å². The monoisotopic (exact) mass is 308 g/mol. The van der Waals surface area contributed by atoms with Crippen LogP contribution in [0.2, 0.25) is 0 Å². The van der Waals surface area contributed by atoms with E-state index in [2.05, 4.69) is 4.40 Å². The first-order chi connectivity index (χ1) is 9.22. The third-order valence-electron chi connectivity index (χ3n) is 2.56.